The maximum Gasteiger partial charge on any atom is 0.291 e. The van der Waals surface area contributed by atoms with Gasteiger partial charge >= 0.3 is 0 Å². The van der Waals surface area contributed by atoms with Gasteiger partial charge in [0.15, 0.2) is 15.5 Å². The van der Waals surface area contributed by atoms with Crippen molar-refractivity contribution in [3.63, 3.8) is 0 Å². The Morgan fingerprint density at radius 3 is 2.48 bits per heavy atom. The zero-order valence-corrected chi connectivity index (χ0v) is 22.7. The van der Waals surface area contributed by atoms with E-state index in [4.69, 9.17) is 10.7 Å². The minimum Gasteiger partial charge on any atom is -0.384 e. The lowest BCUT2D eigenvalue weighted by atomic mass is 9.77. The van der Waals surface area contributed by atoms with Crippen LogP contribution in [0.3, 0.4) is 0 Å². The highest BCUT2D eigenvalue weighted by atomic mass is 32.2. The molecule has 3 aliphatic rings. The molecule has 2 aliphatic heterocycles. The fourth-order valence-electron chi connectivity index (χ4n) is 6.64. The molecule has 1 amide bonds. The van der Waals surface area contributed by atoms with Crippen molar-refractivity contribution >= 4 is 27.2 Å². The molecule has 1 saturated carbocycles. The largest absolute Gasteiger partial charge is 0.384 e. The van der Waals surface area contributed by atoms with E-state index in [0.29, 0.717) is 48.3 Å². The van der Waals surface area contributed by atoms with Crippen LogP contribution in [-0.2, 0) is 15.4 Å². The lowest BCUT2D eigenvalue weighted by molar-refractivity contribution is -0.0426. The Balaban J connectivity index is 1.28. The Hall–Kier alpha value is -3.91. The number of rotatable bonds is 5. The van der Waals surface area contributed by atoms with E-state index in [0.717, 1.165) is 31.1 Å². The second-order valence-corrected chi connectivity index (χ2v) is 13.1. The second kappa shape index (κ2) is 8.80. The van der Waals surface area contributed by atoms with Gasteiger partial charge < -0.3 is 15.7 Å². The van der Waals surface area contributed by atoms with Gasteiger partial charge in [-0.1, -0.05) is 6.07 Å². The molecule has 4 N–H and O–H groups in total. The van der Waals surface area contributed by atoms with E-state index in [-0.39, 0.29) is 40.4 Å². The van der Waals surface area contributed by atoms with Gasteiger partial charge in [0.05, 0.1) is 17.6 Å². The zero-order valence-electron chi connectivity index (χ0n) is 21.9. The van der Waals surface area contributed by atoms with Gasteiger partial charge in [0.1, 0.15) is 22.6 Å². The molecular formula is C26H29N9O4S. The maximum absolute atomic E-state index is 13.1. The highest BCUT2D eigenvalue weighted by Crippen LogP contribution is 2.46. The van der Waals surface area contributed by atoms with Gasteiger partial charge in [-0.2, -0.15) is 14.7 Å². The van der Waals surface area contributed by atoms with E-state index in [1.807, 2.05) is 17.0 Å². The number of hydrogen-bond donors (Lipinski definition) is 3. The minimum absolute atomic E-state index is 0.00891. The molecule has 208 valence electrons. The molecule has 2 saturated heterocycles. The summed E-state index contributed by atoms with van der Waals surface area (Å²) in [6.07, 6.45) is 10.8. The highest BCUT2D eigenvalue weighted by Gasteiger charge is 2.46. The number of piperidine rings is 1. The number of nitrogen functional groups attached to an aromatic ring is 1. The summed E-state index contributed by atoms with van der Waals surface area (Å²) < 4.78 is 27.4. The molecule has 2 atom stereocenters. The predicted octanol–water partition coefficient (Wildman–Crippen LogP) is 1.82. The smallest absolute Gasteiger partial charge is 0.291 e. The Morgan fingerprint density at radius 1 is 1.15 bits per heavy atom. The number of carbonyl (C=O) groups excluding carboxylic acids is 1. The number of nitrogens with zero attached hydrogens (tertiary/aromatic N) is 7. The highest BCUT2D eigenvalue weighted by molar-refractivity contribution is 7.91. The van der Waals surface area contributed by atoms with E-state index in [1.54, 1.807) is 12.4 Å². The molecule has 0 spiro atoms. The minimum atomic E-state index is -3.75. The summed E-state index contributed by atoms with van der Waals surface area (Å²) in [5.74, 6) is -0.210. The first-order valence-corrected chi connectivity index (χ1v) is 15.3. The van der Waals surface area contributed by atoms with E-state index >= 15 is 0 Å². The maximum atomic E-state index is 13.1. The number of aliphatic hydroxyl groups is 1. The topological polar surface area (TPSA) is 185 Å². The van der Waals surface area contributed by atoms with Gasteiger partial charge in [-0.25, -0.2) is 18.4 Å². The number of anilines is 1. The standard InChI is InChI=1S/C26H29N9O4S/c1-40(38,39)21-20(15-9-16-4-5-17(10-15)34(16)25(36)23-29-13-30-33-23)32-24-18(12-31-35(24)22(21)27)14-3-6-19(28-11-14)26(37)7-2-8-26/h3,6,11-13,15-17,37H,2,4-5,7-10,27H2,1H3,(H,29,30,33). The van der Waals surface area contributed by atoms with Crippen molar-refractivity contribution in [1.29, 1.82) is 0 Å². The fourth-order valence-corrected chi connectivity index (χ4v) is 7.70. The SMILES string of the molecule is CS(=O)(=O)c1c(C2CC3CCC(C2)N3C(=O)c2ncn[nH]2)nc2c(-c3ccc(C4(O)CCC4)nc3)cnn2c1N. The van der Waals surface area contributed by atoms with Crippen LogP contribution in [0, 0.1) is 0 Å². The molecule has 7 rings (SSSR count). The number of aromatic nitrogens is 7. The fraction of sp³-hybridized carbons (Fsp3) is 0.462. The molecule has 4 aromatic rings. The molecule has 4 aromatic heterocycles. The summed E-state index contributed by atoms with van der Waals surface area (Å²) in [7, 11) is -3.75. The summed E-state index contributed by atoms with van der Waals surface area (Å²) in [5.41, 5.74) is 8.48. The first-order chi connectivity index (χ1) is 19.1. The van der Waals surface area contributed by atoms with Crippen LogP contribution in [0.25, 0.3) is 16.8 Å². The lowest BCUT2D eigenvalue weighted by Crippen LogP contribution is -2.46. The van der Waals surface area contributed by atoms with Crippen LogP contribution in [0.1, 0.15) is 72.9 Å². The molecule has 1 aliphatic carbocycles. The summed E-state index contributed by atoms with van der Waals surface area (Å²) in [5, 5.41) is 21.5. The number of hydrogen-bond acceptors (Lipinski definition) is 10. The van der Waals surface area contributed by atoms with Gasteiger partial charge in [-0.15, -0.1) is 0 Å². The second-order valence-electron chi connectivity index (χ2n) is 11.2. The number of amides is 1. The number of nitrogens with one attached hydrogen (secondary N) is 1. The summed E-state index contributed by atoms with van der Waals surface area (Å²) in [4.78, 5) is 28.4. The van der Waals surface area contributed by atoms with Crippen molar-refractivity contribution in [3.8, 4) is 11.1 Å². The molecule has 0 aromatic carbocycles. The van der Waals surface area contributed by atoms with E-state index in [1.165, 1.54) is 10.8 Å². The van der Waals surface area contributed by atoms with E-state index < -0.39 is 15.4 Å². The average molecular weight is 564 g/mol. The summed E-state index contributed by atoms with van der Waals surface area (Å²) >= 11 is 0. The van der Waals surface area contributed by atoms with Gasteiger partial charge in [0.2, 0.25) is 5.82 Å². The Bertz CT molecular complexity index is 1720. The Morgan fingerprint density at radius 2 is 1.90 bits per heavy atom. The van der Waals surface area contributed by atoms with Crippen LogP contribution in [-0.4, -0.2) is 77.4 Å². The van der Waals surface area contributed by atoms with Crippen molar-refractivity contribution in [2.24, 2.45) is 0 Å². The van der Waals surface area contributed by atoms with Crippen LogP contribution in [0.4, 0.5) is 5.82 Å². The number of aromatic amines is 1. The van der Waals surface area contributed by atoms with Crippen LogP contribution in [0.2, 0.25) is 0 Å². The quantitative estimate of drug-likeness (QED) is 0.323. The van der Waals surface area contributed by atoms with Crippen molar-refractivity contribution in [3.05, 3.63) is 48.1 Å². The van der Waals surface area contributed by atoms with Crippen molar-refractivity contribution in [1.82, 2.24) is 39.7 Å². The molecule has 40 heavy (non-hydrogen) atoms. The van der Waals surface area contributed by atoms with E-state index in [9.17, 15) is 18.3 Å². The molecule has 13 nitrogen and oxygen atoms in total. The monoisotopic (exact) mass is 563 g/mol. The van der Waals surface area contributed by atoms with Gasteiger partial charge in [0, 0.05) is 41.6 Å². The third kappa shape index (κ3) is 3.80. The van der Waals surface area contributed by atoms with Crippen LogP contribution in [0.5, 0.6) is 0 Å². The number of fused-ring (bicyclic) bond motifs is 3. The Labute approximate surface area is 229 Å². The average Bonchev–Trinajstić information content (AvgIpc) is 3.65. The Kier molecular flexibility index (Phi) is 5.52. The lowest BCUT2D eigenvalue weighted by Gasteiger charge is -2.38. The molecule has 2 unspecified atom stereocenters. The van der Waals surface area contributed by atoms with Gasteiger partial charge in [0.25, 0.3) is 5.91 Å². The molecular weight excluding hydrogens is 534 g/mol. The van der Waals surface area contributed by atoms with Crippen molar-refractivity contribution < 1.29 is 18.3 Å². The molecule has 6 heterocycles. The number of pyridine rings is 1. The first-order valence-electron chi connectivity index (χ1n) is 13.4. The van der Waals surface area contributed by atoms with Gasteiger partial charge in [-0.3, -0.25) is 14.9 Å². The predicted molar refractivity (Wildman–Crippen MR) is 143 cm³/mol. The molecule has 14 heteroatoms. The molecule has 0 radical (unpaired) electrons. The number of nitrogens with two attached hydrogens (primary N) is 1. The first kappa shape index (κ1) is 25.1. The number of carbonyl (C=O) groups is 1. The van der Waals surface area contributed by atoms with Crippen molar-refractivity contribution in [2.75, 3.05) is 12.0 Å². The molecule has 3 fully saturated rings. The van der Waals surface area contributed by atoms with E-state index in [2.05, 4.69) is 25.3 Å². The molecule has 2 bridgehead atoms. The normalized spacial score (nSPS) is 23.9. The summed E-state index contributed by atoms with van der Waals surface area (Å²) in [6, 6.07) is 3.52. The third-order valence-electron chi connectivity index (χ3n) is 8.74. The zero-order chi connectivity index (χ0) is 27.8. The van der Waals surface area contributed by atoms with Crippen molar-refractivity contribution in [2.45, 2.75) is 73.4 Å². The van der Waals surface area contributed by atoms with Crippen LogP contribution < -0.4 is 5.73 Å². The van der Waals surface area contributed by atoms with Gasteiger partial charge in [-0.05, 0) is 51.0 Å². The number of H-pyrrole nitrogens is 1. The van der Waals surface area contributed by atoms with Crippen LogP contribution >= 0.6 is 0 Å². The van der Waals surface area contributed by atoms with Crippen LogP contribution in [0.15, 0.2) is 35.7 Å². The third-order valence-corrected chi connectivity index (χ3v) is 9.90. The number of sulfone groups is 1. The summed E-state index contributed by atoms with van der Waals surface area (Å²) in [6.45, 7) is 0.